The van der Waals surface area contributed by atoms with Gasteiger partial charge in [0.1, 0.15) is 19.0 Å². The van der Waals surface area contributed by atoms with Gasteiger partial charge in [-0.1, -0.05) is 26.0 Å². The van der Waals surface area contributed by atoms with Crippen molar-refractivity contribution in [1.82, 2.24) is 10.3 Å². The van der Waals surface area contributed by atoms with E-state index in [4.69, 9.17) is 14.2 Å². The van der Waals surface area contributed by atoms with E-state index in [0.29, 0.717) is 33.6 Å². The Morgan fingerprint density at radius 3 is 2.68 bits per heavy atom. The fourth-order valence-electron chi connectivity index (χ4n) is 3.35. The lowest BCUT2D eigenvalue weighted by Gasteiger charge is -2.14. The number of fused-ring (bicyclic) bond motifs is 1. The largest absolute Gasteiger partial charge is 0.493 e. The molecular formula is C27H30FN3O6S. The van der Waals surface area contributed by atoms with Crippen LogP contribution in [0.15, 0.2) is 46.9 Å². The number of ether oxygens (including phenoxy) is 3. The third kappa shape index (κ3) is 7.75. The molecule has 38 heavy (non-hydrogen) atoms. The lowest BCUT2D eigenvalue weighted by Crippen LogP contribution is -2.36. The van der Waals surface area contributed by atoms with Crippen LogP contribution in [0.4, 0.5) is 4.39 Å². The summed E-state index contributed by atoms with van der Waals surface area (Å²) >= 11 is 1.26. The van der Waals surface area contributed by atoms with Gasteiger partial charge in [-0.05, 0) is 30.2 Å². The molecule has 2 aromatic carbocycles. The summed E-state index contributed by atoms with van der Waals surface area (Å²) in [5.74, 6) is -0.609. The highest BCUT2D eigenvalue weighted by Gasteiger charge is 2.15. The molecule has 0 aliphatic rings. The molecule has 0 atom stereocenters. The Hall–Kier alpha value is -3.99. The van der Waals surface area contributed by atoms with Gasteiger partial charge in [0.2, 0.25) is 0 Å². The fraction of sp³-hybridized carbons (Fsp3) is 0.333. The number of carbonyl (C=O) groups excluding carboxylic acids is 3. The van der Waals surface area contributed by atoms with Crippen LogP contribution in [0, 0.1) is 11.7 Å². The molecule has 3 aromatic rings. The quantitative estimate of drug-likeness (QED) is 0.159. The molecular weight excluding hydrogens is 513 g/mol. The number of hydrogen-bond acceptors (Lipinski definition) is 8. The summed E-state index contributed by atoms with van der Waals surface area (Å²) in [5, 5.41) is 10.3. The summed E-state index contributed by atoms with van der Waals surface area (Å²) in [6.45, 7) is 3.80. The van der Waals surface area contributed by atoms with Crippen molar-refractivity contribution in [2.75, 3.05) is 33.9 Å². The molecule has 0 aliphatic heterocycles. The first kappa shape index (κ1) is 28.6. The highest BCUT2D eigenvalue weighted by Crippen LogP contribution is 2.28. The number of benzene rings is 2. The highest BCUT2D eigenvalue weighted by atomic mass is 32.1. The SMILES string of the molecule is COc1cc(C(=O)NCC(=O)N(C)/N=C/c2csc3c(F)cccc23)ccc1OCCOC(=O)CC(C)C. The Morgan fingerprint density at radius 2 is 1.95 bits per heavy atom. The molecule has 0 spiro atoms. The van der Waals surface area contributed by atoms with E-state index in [1.54, 1.807) is 23.6 Å². The summed E-state index contributed by atoms with van der Waals surface area (Å²) in [4.78, 5) is 36.6. The summed E-state index contributed by atoms with van der Waals surface area (Å²) < 4.78 is 30.4. The summed E-state index contributed by atoms with van der Waals surface area (Å²) in [7, 11) is 2.91. The first-order valence-electron chi connectivity index (χ1n) is 11.9. The van der Waals surface area contributed by atoms with Crippen LogP contribution in [0.1, 0.15) is 36.2 Å². The van der Waals surface area contributed by atoms with Crippen LogP contribution in [-0.2, 0) is 14.3 Å². The van der Waals surface area contributed by atoms with E-state index in [-0.39, 0.29) is 43.0 Å². The first-order chi connectivity index (χ1) is 18.2. The maximum Gasteiger partial charge on any atom is 0.306 e. The van der Waals surface area contributed by atoms with Crippen LogP contribution in [0.2, 0.25) is 0 Å². The standard InChI is InChI=1S/C27H30FN3O6S/c1-17(2)12-25(33)37-11-10-36-22-9-8-18(13-23(22)35-4)27(34)29-15-24(32)31(3)30-14-19-16-38-26-20(19)6-5-7-21(26)28/h5-9,13-14,16-17H,10-12,15H2,1-4H3,(H,29,34)/b30-14+. The number of carbonyl (C=O) groups is 3. The summed E-state index contributed by atoms with van der Waals surface area (Å²) in [5.41, 5.74) is 0.958. The third-order valence-corrected chi connectivity index (χ3v) is 6.34. The van der Waals surface area contributed by atoms with Crippen LogP contribution in [-0.4, -0.2) is 62.9 Å². The molecule has 0 fully saturated rings. The topological polar surface area (TPSA) is 107 Å². The number of esters is 1. The van der Waals surface area contributed by atoms with E-state index in [9.17, 15) is 18.8 Å². The molecule has 1 heterocycles. The third-order valence-electron chi connectivity index (χ3n) is 5.32. The minimum atomic E-state index is -0.484. The Kier molecular flexibility index (Phi) is 10.2. The molecule has 11 heteroatoms. The van der Waals surface area contributed by atoms with Gasteiger partial charge in [0.05, 0.1) is 24.6 Å². The van der Waals surface area contributed by atoms with E-state index < -0.39 is 11.8 Å². The lowest BCUT2D eigenvalue weighted by atomic mass is 10.1. The minimum Gasteiger partial charge on any atom is -0.493 e. The zero-order chi connectivity index (χ0) is 27.7. The van der Waals surface area contributed by atoms with E-state index in [1.807, 2.05) is 13.8 Å². The molecule has 1 aromatic heterocycles. The fourth-order valence-corrected chi connectivity index (χ4v) is 4.28. The minimum absolute atomic E-state index is 0.0918. The number of hydrazone groups is 1. The number of rotatable bonds is 12. The molecule has 0 saturated carbocycles. The van der Waals surface area contributed by atoms with Gasteiger partial charge in [-0.2, -0.15) is 5.10 Å². The molecule has 2 amide bonds. The van der Waals surface area contributed by atoms with Gasteiger partial charge >= 0.3 is 5.97 Å². The van der Waals surface area contributed by atoms with Crippen molar-refractivity contribution < 1.29 is 33.0 Å². The van der Waals surface area contributed by atoms with Crippen LogP contribution in [0.3, 0.4) is 0 Å². The molecule has 0 saturated heterocycles. The van der Waals surface area contributed by atoms with Gasteiger partial charge in [-0.15, -0.1) is 11.3 Å². The van der Waals surface area contributed by atoms with Gasteiger partial charge in [-0.3, -0.25) is 14.4 Å². The van der Waals surface area contributed by atoms with E-state index in [0.717, 1.165) is 5.01 Å². The second-order valence-corrected chi connectivity index (χ2v) is 9.56. The maximum absolute atomic E-state index is 13.9. The average Bonchev–Trinajstić information content (AvgIpc) is 3.32. The van der Waals surface area contributed by atoms with Gasteiger partial charge in [0, 0.05) is 35.4 Å². The monoisotopic (exact) mass is 543 g/mol. The van der Waals surface area contributed by atoms with Gasteiger partial charge < -0.3 is 19.5 Å². The Balaban J connectivity index is 1.50. The number of methoxy groups -OCH3 is 1. The number of hydrogen-bond donors (Lipinski definition) is 1. The van der Waals surface area contributed by atoms with Crippen molar-refractivity contribution in [1.29, 1.82) is 0 Å². The summed E-state index contributed by atoms with van der Waals surface area (Å²) in [6.07, 6.45) is 1.82. The smallest absolute Gasteiger partial charge is 0.306 e. The maximum atomic E-state index is 13.9. The average molecular weight is 544 g/mol. The van der Waals surface area contributed by atoms with Crippen molar-refractivity contribution in [3.63, 3.8) is 0 Å². The van der Waals surface area contributed by atoms with Crippen molar-refractivity contribution in [2.45, 2.75) is 20.3 Å². The van der Waals surface area contributed by atoms with Crippen LogP contribution < -0.4 is 14.8 Å². The van der Waals surface area contributed by atoms with Gasteiger partial charge in [0.25, 0.3) is 11.8 Å². The molecule has 1 N–H and O–H groups in total. The predicted octanol–water partition coefficient (Wildman–Crippen LogP) is 4.24. The number of amides is 2. The Bertz CT molecular complexity index is 1320. The van der Waals surface area contributed by atoms with Crippen molar-refractivity contribution in [3.05, 3.63) is 58.7 Å². The summed E-state index contributed by atoms with van der Waals surface area (Å²) in [6, 6.07) is 9.38. The van der Waals surface area contributed by atoms with Crippen LogP contribution in [0.5, 0.6) is 11.5 Å². The number of thiophene rings is 1. The van der Waals surface area contributed by atoms with Crippen molar-refractivity contribution >= 4 is 45.4 Å². The molecule has 0 unspecified atom stereocenters. The molecule has 3 rings (SSSR count). The predicted molar refractivity (Wildman–Crippen MR) is 143 cm³/mol. The van der Waals surface area contributed by atoms with E-state index in [1.165, 1.54) is 49.9 Å². The van der Waals surface area contributed by atoms with Crippen molar-refractivity contribution in [2.24, 2.45) is 11.0 Å². The van der Waals surface area contributed by atoms with Gasteiger partial charge in [-0.25, -0.2) is 9.40 Å². The Labute approximate surface area is 224 Å². The lowest BCUT2D eigenvalue weighted by molar-refractivity contribution is -0.145. The van der Waals surface area contributed by atoms with Gasteiger partial charge in [0.15, 0.2) is 11.5 Å². The second kappa shape index (κ2) is 13.5. The van der Waals surface area contributed by atoms with Crippen LogP contribution >= 0.6 is 11.3 Å². The number of nitrogens with one attached hydrogen (secondary N) is 1. The zero-order valence-electron chi connectivity index (χ0n) is 21.7. The highest BCUT2D eigenvalue weighted by molar-refractivity contribution is 7.17. The normalized spacial score (nSPS) is 11.1. The van der Waals surface area contributed by atoms with Crippen LogP contribution in [0.25, 0.3) is 10.1 Å². The zero-order valence-corrected chi connectivity index (χ0v) is 22.5. The Morgan fingerprint density at radius 1 is 1.16 bits per heavy atom. The molecule has 0 radical (unpaired) electrons. The number of likely N-dealkylation sites (N-methyl/N-ethyl adjacent to an activating group) is 1. The second-order valence-electron chi connectivity index (χ2n) is 8.68. The van der Waals surface area contributed by atoms with E-state index >= 15 is 0 Å². The van der Waals surface area contributed by atoms with Crippen molar-refractivity contribution in [3.8, 4) is 11.5 Å². The molecule has 0 aliphatic carbocycles. The molecule has 9 nitrogen and oxygen atoms in total. The molecule has 0 bridgehead atoms. The van der Waals surface area contributed by atoms with E-state index in [2.05, 4.69) is 10.4 Å². The number of halogens is 1. The molecule has 202 valence electrons. The first-order valence-corrected chi connectivity index (χ1v) is 12.8. The number of nitrogens with zero attached hydrogens (tertiary/aromatic N) is 2.